The van der Waals surface area contributed by atoms with E-state index >= 15 is 0 Å². The fourth-order valence-electron chi connectivity index (χ4n) is 4.54. The van der Waals surface area contributed by atoms with Crippen molar-refractivity contribution < 1.29 is 19.1 Å². The first kappa shape index (κ1) is 23.8. The van der Waals surface area contributed by atoms with Crippen molar-refractivity contribution in [1.29, 1.82) is 0 Å². The van der Waals surface area contributed by atoms with Gasteiger partial charge in [-0.05, 0) is 63.8 Å². The molecule has 0 bridgehead atoms. The Morgan fingerprint density at radius 3 is 2.21 bits per heavy atom. The van der Waals surface area contributed by atoms with E-state index in [-0.39, 0.29) is 35.7 Å². The number of allylic oxidation sites excluding steroid dienone is 2. The second-order valence-electron chi connectivity index (χ2n) is 9.29. The maximum absolute atomic E-state index is 11.7. The van der Waals surface area contributed by atoms with Gasteiger partial charge in [0.05, 0.1) is 5.60 Å². The second-order valence-corrected chi connectivity index (χ2v) is 9.29. The number of hydrogen-bond acceptors (Lipinski definition) is 4. The molecule has 2 fully saturated rings. The Morgan fingerprint density at radius 1 is 1.03 bits per heavy atom. The Balaban J connectivity index is 0.000000162. The Bertz CT molecular complexity index is 1020. The van der Waals surface area contributed by atoms with E-state index in [9.17, 15) is 9.59 Å². The van der Waals surface area contributed by atoms with E-state index in [1.165, 1.54) is 5.57 Å². The summed E-state index contributed by atoms with van der Waals surface area (Å²) in [6.45, 7) is 8.17. The first-order valence-corrected chi connectivity index (χ1v) is 11.8. The number of nitrogens with one attached hydrogen (secondary N) is 2. The van der Waals surface area contributed by atoms with Gasteiger partial charge in [-0.2, -0.15) is 0 Å². The van der Waals surface area contributed by atoms with Crippen LogP contribution in [0.25, 0.3) is 0 Å². The van der Waals surface area contributed by atoms with Crippen molar-refractivity contribution in [3.63, 3.8) is 0 Å². The lowest BCUT2D eigenvalue weighted by Gasteiger charge is -2.19. The molecule has 5 rings (SSSR count). The summed E-state index contributed by atoms with van der Waals surface area (Å²) in [5, 5.41) is 5.48. The fourth-order valence-corrected chi connectivity index (χ4v) is 4.54. The van der Waals surface area contributed by atoms with Crippen molar-refractivity contribution in [1.82, 2.24) is 0 Å². The number of epoxide rings is 1. The Hall–Kier alpha value is -3.38. The average Bonchev–Trinajstić information content (AvgIpc) is 3.41. The summed E-state index contributed by atoms with van der Waals surface area (Å²) in [5.74, 6) is -0.102. The van der Waals surface area contributed by atoms with Gasteiger partial charge in [-0.1, -0.05) is 54.6 Å². The van der Waals surface area contributed by atoms with Gasteiger partial charge in [0.1, 0.15) is 12.2 Å². The molecule has 2 N–H and O–H groups in total. The van der Waals surface area contributed by atoms with Crippen LogP contribution in [-0.4, -0.2) is 29.8 Å². The molecule has 6 heteroatoms. The lowest BCUT2D eigenvalue weighted by Crippen LogP contribution is -2.28. The number of ether oxygens (including phenoxy) is 2. The molecule has 2 amide bonds. The predicted octanol–water partition coefficient (Wildman–Crippen LogP) is 6.09. The number of benzene rings is 2. The highest BCUT2D eigenvalue weighted by atomic mass is 16.6. The first-order valence-electron chi connectivity index (χ1n) is 11.8. The summed E-state index contributed by atoms with van der Waals surface area (Å²) in [4.78, 5) is 23.3. The van der Waals surface area contributed by atoms with Crippen molar-refractivity contribution in [3.05, 3.63) is 84.5 Å². The Morgan fingerprint density at radius 2 is 1.62 bits per heavy atom. The summed E-state index contributed by atoms with van der Waals surface area (Å²) >= 11 is 0. The van der Waals surface area contributed by atoms with E-state index in [1.54, 1.807) is 0 Å². The highest BCUT2D eigenvalue weighted by molar-refractivity contribution is 5.99. The van der Waals surface area contributed by atoms with Gasteiger partial charge in [-0.25, -0.2) is 9.59 Å². The normalized spacial score (nSPS) is 27.6. The molecule has 34 heavy (non-hydrogen) atoms. The number of esters is 1. The molecule has 2 saturated heterocycles. The van der Waals surface area contributed by atoms with E-state index in [1.807, 2.05) is 60.7 Å². The largest absolute Gasteiger partial charge is 0.455 e. The van der Waals surface area contributed by atoms with Crippen LogP contribution in [0.3, 0.4) is 0 Å². The van der Waals surface area contributed by atoms with E-state index in [0.29, 0.717) is 5.57 Å². The summed E-state index contributed by atoms with van der Waals surface area (Å²) in [5.41, 5.74) is 3.46. The van der Waals surface area contributed by atoms with Crippen LogP contribution >= 0.6 is 0 Å². The molecule has 178 valence electrons. The maximum atomic E-state index is 11.7. The lowest BCUT2D eigenvalue weighted by molar-refractivity contribution is -0.140. The smallest absolute Gasteiger partial charge is 0.334 e. The van der Waals surface area contributed by atoms with Gasteiger partial charge in [-0.15, -0.1) is 0 Å². The van der Waals surface area contributed by atoms with Crippen molar-refractivity contribution in [3.8, 4) is 0 Å². The lowest BCUT2D eigenvalue weighted by atomic mass is 9.84. The van der Waals surface area contributed by atoms with Crippen LogP contribution in [0, 0.1) is 5.92 Å². The predicted molar refractivity (Wildman–Crippen MR) is 134 cm³/mol. The van der Waals surface area contributed by atoms with Gasteiger partial charge >= 0.3 is 12.0 Å². The van der Waals surface area contributed by atoms with Crippen LogP contribution in [-0.2, 0) is 14.3 Å². The molecule has 0 radical (unpaired) electrons. The third-order valence-corrected chi connectivity index (χ3v) is 6.64. The summed E-state index contributed by atoms with van der Waals surface area (Å²) in [6, 6.07) is 18.4. The molecule has 6 nitrogen and oxygen atoms in total. The Labute approximate surface area is 201 Å². The van der Waals surface area contributed by atoms with E-state index in [4.69, 9.17) is 9.47 Å². The molecule has 0 aromatic heterocycles. The summed E-state index contributed by atoms with van der Waals surface area (Å²) in [6.07, 6.45) is 6.25. The van der Waals surface area contributed by atoms with Crippen molar-refractivity contribution in [2.45, 2.75) is 57.3 Å². The third-order valence-electron chi connectivity index (χ3n) is 6.64. The molecule has 0 spiro atoms. The van der Waals surface area contributed by atoms with Crippen LogP contribution in [0.5, 0.6) is 0 Å². The first-order chi connectivity index (χ1) is 16.4. The van der Waals surface area contributed by atoms with Gasteiger partial charge in [0, 0.05) is 22.9 Å². The van der Waals surface area contributed by atoms with Crippen molar-refractivity contribution >= 4 is 23.4 Å². The van der Waals surface area contributed by atoms with Crippen LogP contribution in [0.4, 0.5) is 16.2 Å². The molecule has 4 unspecified atom stereocenters. The van der Waals surface area contributed by atoms with Crippen LogP contribution in [0.1, 0.15) is 39.5 Å². The number of rotatable bonds is 2. The van der Waals surface area contributed by atoms with E-state index in [2.05, 4.69) is 37.1 Å². The van der Waals surface area contributed by atoms with Crippen LogP contribution in [0.15, 0.2) is 84.5 Å². The number of para-hydroxylation sites is 2. The number of hydrogen-bond donors (Lipinski definition) is 2. The summed E-state index contributed by atoms with van der Waals surface area (Å²) < 4.78 is 11.3. The minimum Gasteiger partial charge on any atom is -0.455 e. The van der Waals surface area contributed by atoms with Crippen molar-refractivity contribution in [2.75, 3.05) is 10.6 Å². The summed E-state index contributed by atoms with van der Waals surface area (Å²) in [7, 11) is 0. The molecule has 2 aliphatic heterocycles. The fraction of sp³-hybridized carbons (Fsp3) is 0.357. The number of carbonyl (C=O) groups excluding carboxylic acids is 2. The van der Waals surface area contributed by atoms with E-state index in [0.717, 1.165) is 37.1 Å². The number of amides is 2. The zero-order valence-corrected chi connectivity index (χ0v) is 19.8. The number of fused-ring (bicyclic) bond motifs is 3. The standard InChI is InChI=1S/C15H20O3.C13H12N2O/c1-9-5-4-8-15(3)13(18-15)12-11(7-6-9)10(2)14(16)17-12;16-13(14-11-7-3-1-4-8-11)15-12-9-5-2-6-10-12/h5,11-13H,2,4,6-8H2,1,3H3;1-10H,(H2,14,15,16). The second kappa shape index (κ2) is 10.3. The van der Waals surface area contributed by atoms with Gasteiger partial charge in [-0.3, -0.25) is 0 Å². The third kappa shape index (κ3) is 5.75. The monoisotopic (exact) mass is 460 g/mol. The molecule has 2 heterocycles. The van der Waals surface area contributed by atoms with Crippen LogP contribution < -0.4 is 10.6 Å². The molecule has 4 atom stereocenters. The number of carbonyl (C=O) groups is 2. The molecule has 1 aliphatic carbocycles. The molecule has 3 aliphatic rings. The topological polar surface area (TPSA) is 80.0 Å². The van der Waals surface area contributed by atoms with E-state index < -0.39 is 0 Å². The zero-order chi connectivity index (χ0) is 24.1. The van der Waals surface area contributed by atoms with Gasteiger partial charge in [0.25, 0.3) is 0 Å². The average molecular weight is 461 g/mol. The van der Waals surface area contributed by atoms with Gasteiger partial charge < -0.3 is 20.1 Å². The molecule has 0 saturated carbocycles. The zero-order valence-electron chi connectivity index (χ0n) is 19.8. The molecule has 2 aromatic rings. The minimum atomic E-state index is -0.239. The molecular weight excluding hydrogens is 428 g/mol. The quantitative estimate of drug-likeness (QED) is 0.246. The number of anilines is 2. The Kier molecular flexibility index (Phi) is 7.17. The number of urea groups is 1. The van der Waals surface area contributed by atoms with Crippen LogP contribution in [0.2, 0.25) is 0 Å². The van der Waals surface area contributed by atoms with Crippen molar-refractivity contribution in [2.24, 2.45) is 5.92 Å². The highest BCUT2D eigenvalue weighted by Gasteiger charge is 2.61. The van der Waals surface area contributed by atoms with Gasteiger partial charge in [0.15, 0.2) is 0 Å². The maximum Gasteiger partial charge on any atom is 0.334 e. The molecular formula is C28H32N2O4. The minimum absolute atomic E-state index is 0.0671. The van der Waals surface area contributed by atoms with Gasteiger partial charge in [0.2, 0.25) is 0 Å². The highest BCUT2D eigenvalue weighted by Crippen LogP contribution is 2.49. The SMILES string of the molecule is C=C1C(=O)OC2C1CCC(C)=CCCC1(C)OC21.O=C(Nc1ccccc1)Nc1ccccc1. The molecule has 2 aromatic carbocycles.